The van der Waals surface area contributed by atoms with Gasteiger partial charge >= 0.3 is 0 Å². The fourth-order valence-corrected chi connectivity index (χ4v) is 2.07. The van der Waals surface area contributed by atoms with Gasteiger partial charge in [-0.25, -0.2) is 0 Å². The summed E-state index contributed by atoms with van der Waals surface area (Å²) < 4.78 is 0. The van der Waals surface area contributed by atoms with E-state index >= 15 is 0 Å². The summed E-state index contributed by atoms with van der Waals surface area (Å²) in [4.78, 5) is 47.1. The molecule has 2 N–H and O–H groups in total. The fourth-order valence-electron chi connectivity index (χ4n) is 1.95. The summed E-state index contributed by atoms with van der Waals surface area (Å²) >= 11 is 5.71. The number of hydrogen-bond donors (Lipinski definition) is 2. The molecule has 1 aromatic rings. The van der Waals surface area contributed by atoms with Crippen LogP contribution in [0.25, 0.3) is 0 Å². The molecule has 1 fully saturated rings. The number of hydrogen-bond acceptors (Lipinski definition) is 4. The number of rotatable bonds is 4. The van der Waals surface area contributed by atoms with Crippen LogP contribution in [0.3, 0.4) is 0 Å². The quantitative estimate of drug-likeness (QED) is 0.628. The highest BCUT2D eigenvalue weighted by molar-refractivity contribution is 6.30. The van der Waals surface area contributed by atoms with Crippen molar-refractivity contribution in [3.63, 3.8) is 0 Å². The maximum atomic E-state index is 11.7. The summed E-state index contributed by atoms with van der Waals surface area (Å²) in [6, 6.07) is 6.16. The maximum Gasteiger partial charge on any atom is 0.269 e. The highest BCUT2D eigenvalue weighted by Gasteiger charge is 2.28. The molecule has 7 nitrogen and oxygen atoms in total. The highest BCUT2D eigenvalue weighted by atomic mass is 35.5. The summed E-state index contributed by atoms with van der Waals surface area (Å²) in [5.41, 5.74) is 4.82. The lowest BCUT2D eigenvalue weighted by Gasteiger charge is -2.13. The molecule has 22 heavy (non-hydrogen) atoms. The molecule has 0 aliphatic carbocycles. The first-order valence-corrected chi connectivity index (χ1v) is 7.03. The minimum absolute atomic E-state index is 0.0142. The lowest BCUT2D eigenvalue weighted by Crippen LogP contribution is -2.43. The van der Waals surface area contributed by atoms with Gasteiger partial charge < -0.3 is 0 Å². The second-order valence-corrected chi connectivity index (χ2v) is 5.13. The number of amides is 4. The zero-order valence-electron chi connectivity index (χ0n) is 11.6. The van der Waals surface area contributed by atoms with Crippen molar-refractivity contribution in [2.24, 2.45) is 0 Å². The maximum absolute atomic E-state index is 11.7. The first-order valence-electron chi connectivity index (χ1n) is 6.65. The first-order chi connectivity index (χ1) is 10.5. The van der Waals surface area contributed by atoms with Crippen LogP contribution in [0, 0.1) is 0 Å². The lowest BCUT2D eigenvalue weighted by molar-refractivity contribution is -0.138. The molecule has 0 unspecified atom stereocenters. The van der Waals surface area contributed by atoms with E-state index in [4.69, 9.17) is 11.6 Å². The van der Waals surface area contributed by atoms with Crippen molar-refractivity contribution >= 4 is 35.2 Å². The number of nitrogens with zero attached hydrogens (tertiary/aromatic N) is 1. The van der Waals surface area contributed by atoms with Crippen molar-refractivity contribution in [2.75, 3.05) is 6.54 Å². The predicted molar refractivity (Wildman–Crippen MR) is 77.6 cm³/mol. The number of nitrogens with one attached hydrogen (secondary N) is 2. The van der Waals surface area contributed by atoms with Gasteiger partial charge in [-0.15, -0.1) is 0 Å². The Balaban J connectivity index is 1.75. The van der Waals surface area contributed by atoms with Gasteiger partial charge in [0.1, 0.15) is 0 Å². The summed E-state index contributed by atoms with van der Waals surface area (Å²) in [5, 5.41) is 0.500. The third-order valence-electron chi connectivity index (χ3n) is 3.14. The van der Waals surface area contributed by atoms with Crippen molar-refractivity contribution in [1.29, 1.82) is 0 Å². The van der Waals surface area contributed by atoms with Gasteiger partial charge in [0, 0.05) is 36.4 Å². The summed E-state index contributed by atoms with van der Waals surface area (Å²) in [5.74, 6) is -1.53. The normalized spacial score (nSPS) is 14.1. The molecular formula is C14H14ClN3O4. The van der Waals surface area contributed by atoms with Gasteiger partial charge in [0.2, 0.25) is 17.7 Å². The van der Waals surface area contributed by atoms with Crippen LogP contribution in [-0.2, 0) is 14.4 Å². The number of imide groups is 1. The third-order valence-corrected chi connectivity index (χ3v) is 3.39. The van der Waals surface area contributed by atoms with E-state index in [0.29, 0.717) is 10.6 Å². The monoisotopic (exact) mass is 323 g/mol. The molecule has 116 valence electrons. The zero-order chi connectivity index (χ0) is 16.1. The Kier molecular flexibility index (Phi) is 5.11. The molecule has 1 heterocycles. The molecule has 0 bridgehead atoms. The minimum atomic E-state index is -0.491. The lowest BCUT2D eigenvalue weighted by atomic mass is 10.2. The molecule has 1 saturated heterocycles. The van der Waals surface area contributed by atoms with Crippen molar-refractivity contribution in [3.8, 4) is 0 Å². The number of carbonyl (C=O) groups excluding carboxylic acids is 4. The van der Waals surface area contributed by atoms with Crippen LogP contribution in [-0.4, -0.2) is 35.1 Å². The molecule has 0 spiro atoms. The van der Waals surface area contributed by atoms with Crippen LogP contribution in [0.4, 0.5) is 0 Å². The van der Waals surface area contributed by atoms with E-state index in [1.807, 2.05) is 0 Å². The van der Waals surface area contributed by atoms with Gasteiger partial charge in [0.15, 0.2) is 0 Å². The van der Waals surface area contributed by atoms with E-state index in [1.54, 1.807) is 12.1 Å². The summed E-state index contributed by atoms with van der Waals surface area (Å²) in [6.45, 7) is 0.0142. The molecule has 8 heteroatoms. The fraction of sp³-hybridized carbons (Fsp3) is 0.286. The Labute approximate surface area is 131 Å². The predicted octanol–water partition coefficient (Wildman–Crippen LogP) is 0.640. The van der Waals surface area contributed by atoms with E-state index in [0.717, 1.165) is 4.90 Å². The molecule has 1 aromatic carbocycles. The van der Waals surface area contributed by atoms with Crippen molar-refractivity contribution in [2.45, 2.75) is 19.3 Å². The number of likely N-dealkylation sites (tertiary alicyclic amines) is 1. The molecule has 0 aromatic heterocycles. The Morgan fingerprint density at radius 2 is 1.64 bits per heavy atom. The molecule has 1 aliphatic heterocycles. The van der Waals surface area contributed by atoms with E-state index in [-0.39, 0.29) is 37.6 Å². The summed E-state index contributed by atoms with van der Waals surface area (Å²) in [6.07, 6.45) is 0.305. The topological polar surface area (TPSA) is 95.6 Å². The van der Waals surface area contributed by atoms with Crippen LogP contribution in [0.1, 0.15) is 29.6 Å². The van der Waals surface area contributed by atoms with E-state index in [1.165, 1.54) is 12.1 Å². The van der Waals surface area contributed by atoms with Gasteiger partial charge in [0.05, 0.1) is 0 Å². The van der Waals surface area contributed by atoms with E-state index in [9.17, 15) is 19.2 Å². The molecular weight excluding hydrogens is 310 g/mol. The number of hydrazine groups is 1. The van der Waals surface area contributed by atoms with Crippen LogP contribution in [0.2, 0.25) is 5.02 Å². The first kappa shape index (κ1) is 16.0. The molecule has 2 rings (SSSR count). The number of halogens is 1. The highest BCUT2D eigenvalue weighted by Crippen LogP contribution is 2.11. The average Bonchev–Trinajstić information content (AvgIpc) is 2.82. The van der Waals surface area contributed by atoms with E-state index in [2.05, 4.69) is 10.9 Å². The van der Waals surface area contributed by atoms with E-state index < -0.39 is 11.8 Å². The van der Waals surface area contributed by atoms with Gasteiger partial charge in [0.25, 0.3) is 5.91 Å². The Morgan fingerprint density at radius 3 is 2.23 bits per heavy atom. The van der Waals surface area contributed by atoms with Gasteiger partial charge in [-0.3, -0.25) is 34.9 Å². The van der Waals surface area contributed by atoms with Crippen molar-refractivity contribution in [3.05, 3.63) is 34.9 Å². The average molecular weight is 324 g/mol. The molecule has 4 amide bonds. The number of carbonyl (C=O) groups is 4. The molecule has 0 saturated carbocycles. The van der Waals surface area contributed by atoms with Gasteiger partial charge in [-0.2, -0.15) is 0 Å². The van der Waals surface area contributed by atoms with Crippen molar-refractivity contribution in [1.82, 2.24) is 15.8 Å². The van der Waals surface area contributed by atoms with Crippen LogP contribution in [0.5, 0.6) is 0 Å². The van der Waals surface area contributed by atoms with Crippen LogP contribution < -0.4 is 10.9 Å². The Bertz CT molecular complexity index is 599. The van der Waals surface area contributed by atoms with Gasteiger partial charge in [-0.1, -0.05) is 11.6 Å². The smallest absolute Gasteiger partial charge is 0.269 e. The zero-order valence-corrected chi connectivity index (χ0v) is 12.4. The Morgan fingerprint density at radius 1 is 1.05 bits per heavy atom. The Hall–Kier alpha value is -2.41. The number of benzene rings is 1. The summed E-state index contributed by atoms with van der Waals surface area (Å²) in [7, 11) is 0. The van der Waals surface area contributed by atoms with Gasteiger partial charge in [-0.05, 0) is 24.3 Å². The molecule has 1 aliphatic rings. The van der Waals surface area contributed by atoms with Crippen molar-refractivity contribution < 1.29 is 19.2 Å². The third kappa shape index (κ3) is 4.05. The van der Waals surface area contributed by atoms with Crippen LogP contribution in [0.15, 0.2) is 24.3 Å². The SMILES string of the molecule is O=C(CCN1C(=O)CCC1=O)NNC(=O)c1ccc(Cl)cc1. The second-order valence-electron chi connectivity index (χ2n) is 4.70. The second kappa shape index (κ2) is 7.04. The largest absolute Gasteiger partial charge is 0.282 e. The molecule has 0 radical (unpaired) electrons. The standard InChI is InChI=1S/C14H14ClN3O4/c15-10-3-1-9(2-4-10)14(22)17-16-11(19)7-8-18-12(20)5-6-13(18)21/h1-4H,5-8H2,(H,16,19)(H,17,22). The minimum Gasteiger partial charge on any atom is -0.282 e. The molecule has 0 atom stereocenters. The van der Waals surface area contributed by atoms with Crippen LogP contribution >= 0.6 is 11.6 Å².